The fraction of sp³-hybridized carbons (Fsp3) is 0.538. The molecule has 36 heavy (non-hydrogen) atoms. The zero-order valence-corrected chi connectivity index (χ0v) is 21.6. The van der Waals surface area contributed by atoms with Crippen LogP contribution in [0.15, 0.2) is 35.4 Å². The highest BCUT2D eigenvalue weighted by Crippen LogP contribution is 2.23. The lowest BCUT2D eigenvalue weighted by Crippen LogP contribution is -2.34. The Morgan fingerprint density at radius 1 is 1.03 bits per heavy atom. The van der Waals surface area contributed by atoms with Crippen molar-refractivity contribution in [3.63, 3.8) is 0 Å². The summed E-state index contributed by atoms with van der Waals surface area (Å²) in [6.45, 7) is 9.41. The quantitative estimate of drug-likeness (QED) is 0.402. The topological polar surface area (TPSA) is 97.6 Å². The van der Waals surface area contributed by atoms with Gasteiger partial charge in [-0.25, -0.2) is 15.0 Å². The lowest BCUT2D eigenvalue weighted by Gasteiger charge is -2.20. The molecular weight excluding hydrogens is 458 g/mol. The van der Waals surface area contributed by atoms with Crippen molar-refractivity contribution in [1.82, 2.24) is 29.3 Å². The first kappa shape index (κ1) is 26.0. The molecule has 194 valence electrons. The molecule has 1 N–H and O–H groups in total. The van der Waals surface area contributed by atoms with Crippen LogP contribution in [0.1, 0.15) is 19.8 Å². The Labute approximate surface area is 212 Å². The summed E-state index contributed by atoms with van der Waals surface area (Å²) in [6, 6.07) is 5.67. The van der Waals surface area contributed by atoms with E-state index in [4.69, 9.17) is 9.47 Å². The van der Waals surface area contributed by atoms with E-state index in [2.05, 4.69) is 44.0 Å². The zero-order valence-electron chi connectivity index (χ0n) is 21.6. The fourth-order valence-corrected chi connectivity index (χ4v) is 4.35. The number of methoxy groups -OCH3 is 1. The molecule has 10 nitrogen and oxygen atoms in total. The summed E-state index contributed by atoms with van der Waals surface area (Å²) in [6.07, 6.45) is 5.59. The molecule has 0 radical (unpaired) electrons. The number of nitrogens with one attached hydrogen (secondary N) is 1. The van der Waals surface area contributed by atoms with Crippen molar-refractivity contribution in [2.75, 3.05) is 72.0 Å². The fourth-order valence-electron chi connectivity index (χ4n) is 4.35. The van der Waals surface area contributed by atoms with Gasteiger partial charge in [0.15, 0.2) is 11.5 Å². The van der Waals surface area contributed by atoms with Crippen LogP contribution in [-0.2, 0) is 11.3 Å². The number of likely N-dealkylation sites (N-methyl/N-ethyl adjacent to an activating group) is 1. The van der Waals surface area contributed by atoms with E-state index < -0.39 is 0 Å². The Hall–Kier alpha value is -3.08. The molecule has 0 aromatic carbocycles. The molecule has 0 atom stereocenters. The first-order valence-corrected chi connectivity index (χ1v) is 12.7. The lowest BCUT2D eigenvalue weighted by atomic mass is 10.1. The molecule has 0 aliphatic carbocycles. The average Bonchev–Trinajstić information content (AvgIpc) is 3.11. The second kappa shape index (κ2) is 12.8. The summed E-state index contributed by atoms with van der Waals surface area (Å²) in [4.78, 5) is 31.7. The number of nitrogens with zero attached hydrogens (tertiary/aromatic N) is 6. The Morgan fingerprint density at radius 2 is 1.89 bits per heavy atom. The Balaban J connectivity index is 1.57. The van der Waals surface area contributed by atoms with Crippen LogP contribution in [0.2, 0.25) is 0 Å². The molecule has 3 aromatic rings. The van der Waals surface area contributed by atoms with E-state index in [-0.39, 0.29) is 5.56 Å². The van der Waals surface area contributed by atoms with Crippen LogP contribution < -0.4 is 15.6 Å². The highest BCUT2D eigenvalue weighted by atomic mass is 16.5. The number of fused-ring (bicyclic) bond motifs is 1. The van der Waals surface area contributed by atoms with Gasteiger partial charge in [0.1, 0.15) is 0 Å². The number of ether oxygens (including phenoxy) is 2. The SMILES string of the molecule is CCCOCCn1c(=O)c(NCCN2CCCN(C)CC2)nc2ncc(-c3ccc(OC)nc3)cc21. The maximum Gasteiger partial charge on any atom is 0.293 e. The summed E-state index contributed by atoms with van der Waals surface area (Å²) >= 11 is 0. The van der Waals surface area contributed by atoms with E-state index in [1.54, 1.807) is 30.1 Å². The van der Waals surface area contributed by atoms with Crippen LogP contribution in [0.5, 0.6) is 5.88 Å². The molecule has 0 saturated carbocycles. The van der Waals surface area contributed by atoms with E-state index in [1.807, 2.05) is 12.1 Å². The van der Waals surface area contributed by atoms with Crippen molar-refractivity contribution in [3.05, 3.63) is 40.9 Å². The zero-order chi connectivity index (χ0) is 25.3. The van der Waals surface area contributed by atoms with Crippen molar-refractivity contribution in [2.24, 2.45) is 0 Å². The molecule has 0 unspecified atom stereocenters. The van der Waals surface area contributed by atoms with E-state index >= 15 is 0 Å². The van der Waals surface area contributed by atoms with E-state index in [1.165, 1.54) is 0 Å². The molecule has 3 aromatic heterocycles. The normalized spacial score (nSPS) is 15.2. The van der Waals surface area contributed by atoms with Gasteiger partial charge in [-0.3, -0.25) is 9.36 Å². The number of pyridine rings is 2. The summed E-state index contributed by atoms with van der Waals surface area (Å²) in [5.74, 6) is 0.873. The van der Waals surface area contributed by atoms with E-state index in [9.17, 15) is 4.79 Å². The maximum atomic E-state index is 13.5. The van der Waals surface area contributed by atoms with Gasteiger partial charge in [0.2, 0.25) is 5.88 Å². The molecule has 1 aliphatic rings. The molecular formula is C26H37N7O3. The van der Waals surface area contributed by atoms with Gasteiger partial charge in [-0.2, -0.15) is 0 Å². The smallest absolute Gasteiger partial charge is 0.293 e. The summed E-state index contributed by atoms with van der Waals surface area (Å²) in [5.41, 5.74) is 2.78. The standard InChI is InChI=1S/C26H37N7O3/c1-4-15-36-16-14-33-22-17-21(20-6-7-23(35-3)28-18-20)19-29-24(22)30-25(26(33)34)27-8-11-32-10-5-9-31(2)12-13-32/h6-7,17-19H,4-5,8-16H2,1-3H3,(H,27,29,30). The molecule has 0 amide bonds. The van der Waals surface area contributed by atoms with Gasteiger partial charge in [-0.15, -0.1) is 0 Å². The van der Waals surface area contributed by atoms with Gasteiger partial charge >= 0.3 is 0 Å². The van der Waals surface area contributed by atoms with Crippen LogP contribution in [-0.4, -0.2) is 96.0 Å². The minimum Gasteiger partial charge on any atom is -0.481 e. The predicted octanol–water partition coefficient (Wildman–Crippen LogP) is 2.34. The number of rotatable bonds is 11. The van der Waals surface area contributed by atoms with E-state index in [0.29, 0.717) is 49.2 Å². The van der Waals surface area contributed by atoms with Crippen LogP contribution in [0.25, 0.3) is 22.3 Å². The number of hydrogen-bond acceptors (Lipinski definition) is 9. The molecule has 4 heterocycles. The van der Waals surface area contributed by atoms with Crippen LogP contribution >= 0.6 is 0 Å². The number of aromatic nitrogens is 4. The highest BCUT2D eigenvalue weighted by molar-refractivity contribution is 5.78. The molecule has 1 fully saturated rings. The summed E-state index contributed by atoms with van der Waals surface area (Å²) in [7, 11) is 3.75. The van der Waals surface area contributed by atoms with Crippen molar-refractivity contribution >= 4 is 17.0 Å². The lowest BCUT2D eigenvalue weighted by molar-refractivity contribution is 0.127. The molecule has 4 rings (SSSR count). The minimum atomic E-state index is -0.162. The molecule has 1 saturated heterocycles. The monoisotopic (exact) mass is 495 g/mol. The third-order valence-corrected chi connectivity index (χ3v) is 6.42. The Morgan fingerprint density at radius 3 is 2.67 bits per heavy atom. The van der Waals surface area contributed by atoms with E-state index in [0.717, 1.165) is 56.7 Å². The number of anilines is 1. The van der Waals surface area contributed by atoms with Crippen LogP contribution in [0, 0.1) is 0 Å². The maximum absolute atomic E-state index is 13.5. The van der Waals surface area contributed by atoms with Crippen LogP contribution in [0.3, 0.4) is 0 Å². The molecule has 0 spiro atoms. The second-order valence-electron chi connectivity index (χ2n) is 9.11. The third kappa shape index (κ3) is 6.57. The van der Waals surface area contributed by atoms with Gasteiger partial charge in [0.05, 0.1) is 19.2 Å². The van der Waals surface area contributed by atoms with Gasteiger partial charge in [-0.05, 0) is 45.1 Å². The van der Waals surface area contributed by atoms with Gasteiger partial charge in [0, 0.05) is 68.9 Å². The van der Waals surface area contributed by atoms with Crippen molar-refractivity contribution in [2.45, 2.75) is 26.3 Å². The first-order chi connectivity index (χ1) is 17.6. The third-order valence-electron chi connectivity index (χ3n) is 6.42. The van der Waals surface area contributed by atoms with Crippen molar-refractivity contribution in [3.8, 4) is 17.0 Å². The molecule has 0 bridgehead atoms. The van der Waals surface area contributed by atoms with Crippen molar-refractivity contribution in [1.29, 1.82) is 0 Å². The second-order valence-corrected chi connectivity index (χ2v) is 9.11. The Bertz CT molecular complexity index is 1180. The highest BCUT2D eigenvalue weighted by Gasteiger charge is 2.15. The first-order valence-electron chi connectivity index (χ1n) is 12.7. The minimum absolute atomic E-state index is 0.162. The average molecular weight is 496 g/mol. The van der Waals surface area contributed by atoms with Crippen LogP contribution in [0.4, 0.5) is 5.82 Å². The van der Waals surface area contributed by atoms with Gasteiger partial charge < -0.3 is 24.6 Å². The summed E-state index contributed by atoms with van der Waals surface area (Å²) < 4.78 is 12.6. The van der Waals surface area contributed by atoms with Gasteiger partial charge in [-0.1, -0.05) is 6.92 Å². The molecule has 10 heteroatoms. The van der Waals surface area contributed by atoms with Gasteiger partial charge in [0.25, 0.3) is 5.56 Å². The van der Waals surface area contributed by atoms with Crippen molar-refractivity contribution < 1.29 is 9.47 Å². The largest absolute Gasteiger partial charge is 0.481 e. The predicted molar refractivity (Wildman–Crippen MR) is 142 cm³/mol. The number of hydrogen-bond donors (Lipinski definition) is 1. The summed E-state index contributed by atoms with van der Waals surface area (Å²) in [5, 5.41) is 3.28. The Kier molecular flexibility index (Phi) is 9.21. The molecule has 1 aliphatic heterocycles.